The van der Waals surface area contributed by atoms with Crippen LogP contribution in [0.15, 0.2) is 36.7 Å². The summed E-state index contributed by atoms with van der Waals surface area (Å²) in [7, 11) is 0. The third-order valence-corrected chi connectivity index (χ3v) is 7.24. The van der Waals surface area contributed by atoms with Crippen molar-refractivity contribution in [3.63, 3.8) is 0 Å². The lowest BCUT2D eigenvalue weighted by Crippen LogP contribution is -2.51. The van der Waals surface area contributed by atoms with E-state index in [1.807, 2.05) is 4.90 Å². The molecule has 1 saturated heterocycles. The van der Waals surface area contributed by atoms with Crippen LogP contribution in [0.1, 0.15) is 55.2 Å². The topological polar surface area (TPSA) is 111 Å². The molecule has 2 aliphatic heterocycles. The molecule has 4 rings (SSSR count). The van der Waals surface area contributed by atoms with Crippen molar-refractivity contribution in [2.45, 2.75) is 57.7 Å². The van der Waals surface area contributed by atoms with Crippen molar-refractivity contribution >= 4 is 17.6 Å². The fraction of sp³-hybridized carbons (Fsp3) is 0.538. The zero-order chi connectivity index (χ0) is 25.0. The molecule has 1 aromatic heterocycles. The van der Waals surface area contributed by atoms with Crippen LogP contribution in [0.4, 0.5) is 5.82 Å². The zero-order valence-corrected chi connectivity index (χ0v) is 20.8. The predicted molar refractivity (Wildman–Crippen MR) is 134 cm³/mol. The number of piperidine rings is 1. The summed E-state index contributed by atoms with van der Waals surface area (Å²) >= 11 is 0. The van der Waals surface area contributed by atoms with Gasteiger partial charge in [0.25, 0.3) is 5.91 Å². The molecule has 0 spiro atoms. The number of carbonyl (C=O) groups excluding carboxylic acids is 2. The summed E-state index contributed by atoms with van der Waals surface area (Å²) in [6.07, 6.45) is 3.27. The first-order valence-electron chi connectivity index (χ1n) is 12.4. The number of carbonyl (C=O) groups is 2. The number of rotatable bonds is 7. The van der Waals surface area contributed by atoms with Crippen molar-refractivity contribution in [2.24, 2.45) is 0 Å². The van der Waals surface area contributed by atoms with E-state index in [1.165, 1.54) is 17.5 Å². The van der Waals surface area contributed by atoms with E-state index in [0.717, 1.165) is 25.8 Å². The van der Waals surface area contributed by atoms with Crippen molar-refractivity contribution in [3.8, 4) is 0 Å². The fourth-order valence-corrected chi connectivity index (χ4v) is 5.09. The minimum absolute atomic E-state index is 0.0975. The van der Waals surface area contributed by atoms with Crippen molar-refractivity contribution in [1.82, 2.24) is 25.1 Å². The van der Waals surface area contributed by atoms with Crippen molar-refractivity contribution in [3.05, 3.63) is 53.5 Å². The van der Waals surface area contributed by atoms with Gasteiger partial charge >= 0.3 is 0 Å². The Labute approximate surface area is 206 Å². The molecule has 1 aromatic carbocycles. The van der Waals surface area contributed by atoms with Gasteiger partial charge in [-0.05, 0) is 44.2 Å². The van der Waals surface area contributed by atoms with Gasteiger partial charge in [-0.1, -0.05) is 24.3 Å². The summed E-state index contributed by atoms with van der Waals surface area (Å²) in [6.45, 7) is 8.84. The Kier molecular flexibility index (Phi) is 7.66. The Balaban J connectivity index is 1.28. The van der Waals surface area contributed by atoms with Gasteiger partial charge in [0.1, 0.15) is 17.8 Å². The van der Waals surface area contributed by atoms with E-state index in [-0.39, 0.29) is 35.6 Å². The summed E-state index contributed by atoms with van der Waals surface area (Å²) in [4.78, 5) is 36.7. The van der Waals surface area contributed by atoms with E-state index in [9.17, 15) is 14.7 Å². The Bertz CT molecular complexity index is 1050. The maximum Gasteiger partial charge on any atom is 0.270 e. The maximum absolute atomic E-state index is 12.7. The van der Waals surface area contributed by atoms with E-state index in [1.54, 1.807) is 13.0 Å². The molecule has 2 aliphatic rings. The standard InChI is InChI=1S/C26H36N6O3/c1-18(33)31-11-9-20(10-12-31)30-24-14-23(28-17-29-24)25(35)27-15-21(34)16-32-13-8-19-6-4-5-7-22(19)26(32,2)3/h4-7,14,17,20-21,34H,8-13,15-16H2,1-3H3,(H,27,35)(H,28,29,30)/t21-/m0/s1. The average molecular weight is 481 g/mol. The number of hydrogen-bond acceptors (Lipinski definition) is 7. The molecule has 0 radical (unpaired) electrons. The van der Waals surface area contributed by atoms with Gasteiger partial charge in [-0.2, -0.15) is 0 Å². The second-order valence-electron chi connectivity index (χ2n) is 9.99. The van der Waals surface area contributed by atoms with Crippen molar-refractivity contribution in [1.29, 1.82) is 0 Å². The molecule has 0 aliphatic carbocycles. The number of β-amino-alcohol motifs (C(OH)–C–C–N with tert-alkyl or cyclic N) is 1. The summed E-state index contributed by atoms with van der Waals surface area (Å²) in [5, 5.41) is 16.8. The second-order valence-corrected chi connectivity index (χ2v) is 9.99. The predicted octanol–water partition coefficient (Wildman–Crippen LogP) is 1.78. The van der Waals surface area contributed by atoms with Crippen LogP contribution in [0.3, 0.4) is 0 Å². The quantitative estimate of drug-likeness (QED) is 0.554. The van der Waals surface area contributed by atoms with E-state index in [4.69, 9.17) is 0 Å². The number of likely N-dealkylation sites (tertiary alicyclic amines) is 1. The second kappa shape index (κ2) is 10.7. The molecular formula is C26H36N6O3. The Morgan fingerprint density at radius 3 is 2.66 bits per heavy atom. The molecule has 2 amide bonds. The van der Waals surface area contributed by atoms with Gasteiger partial charge in [0.15, 0.2) is 0 Å². The summed E-state index contributed by atoms with van der Waals surface area (Å²) in [5.74, 6) is 0.338. The van der Waals surface area contributed by atoms with Gasteiger partial charge < -0.3 is 20.6 Å². The number of anilines is 1. The van der Waals surface area contributed by atoms with Gasteiger partial charge in [-0.3, -0.25) is 14.5 Å². The van der Waals surface area contributed by atoms with Crippen LogP contribution in [0.25, 0.3) is 0 Å². The molecule has 0 unspecified atom stereocenters. The first-order valence-corrected chi connectivity index (χ1v) is 12.4. The molecule has 3 heterocycles. The molecule has 0 saturated carbocycles. The van der Waals surface area contributed by atoms with Crippen LogP contribution in [-0.4, -0.2) is 81.6 Å². The van der Waals surface area contributed by atoms with E-state index >= 15 is 0 Å². The number of aliphatic hydroxyl groups is 1. The van der Waals surface area contributed by atoms with E-state index < -0.39 is 6.10 Å². The van der Waals surface area contributed by atoms with Crippen LogP contribution in [0, 0.1) is 0 Å². The highest BCUT2D eigenvalue weighted by molar-refractivity contribution is 5.92. The first-order chi connectivity index (χ1) is 16.7. The highest BCUT2D eigenvalue weighted by Gasteiger charge is 2.35. The van der Waals surface area contributed by atoms with Gasteiger partial charge in [-0.15, -0.1) is 0 Å². The molecule has 3 N–H and O–H groups in total. The van der Waals surface area contributed by atoms with Gasteiger partial charge in [0, 0.05) is 57.3 Å². The summed E-state index contributed by atoms with van der Waals surface area (Å²) < 4.78 is 0. The van der Waals surface area contributed by atoms with Crippen LogP contribution in [-0.2, 0) is 16.8 Å². The zero-order valence-electron chi connectivity index (χ0n) is 20.8. The number of aliphatic hydroxyl groups excluding tert-OH is 1. The Morgan fingerprint density at radius 1 is 1.17 bits per heavy atom. The lowest BCUT2D eigenvalue weighted by molar-refractivity contribution is -0.129. The Hall–Kier alpha value is -3.04. The molecule has 1 fully saturated rings. The molecule has 9 heteroatoms. The third kappa shape index (κ3) is 5.97. The third-order valence-electron chi connectivity index (χ3n) is 7.24. The van der Waals surface area contributed by atoms with Gasteiger partial charge in [0.2, 0.25) is 5.91 Å². The summed E-state index contributed by atoms with van der Waals surface area (Å²) in [5.41, 5.74) is 2.71. The number of fused-ring (bicyclic) bond motifs is 1. The largest absolute Gasteiger partial charge is 0.390 e. The van der Waals surface area contributed by atoms with E-state index in [0.29, 0.717) is 25.5 Å². The lowest BCUT2D eigenvalue weighted by Gasteiger charge is -2.44. The van der Waals surface area contributed by atoms with Crippen LogP contribution >= 0.6 is 0 Å². The first kappa shape index (κ1) is 25.1. The number of amides is 2. The number of benzene rings is 1. The number of aromatic nitrogens is 2. The molecule has 0 bridgehead atoms. The SMILES string of the molecule is CC(=O)N1CCC(Nc2cc(C(=O)NC[C@H](O)CN3CCc4ccccc4C3(C)C)ncn2)CC1. The maximum atomic E-state index is 12.7. The highest BCUT2D eigenvalue weighted by Crippen LogP contribution is 2.34. The fourth-order valence-electron chi connectivity index (χ4n) is 5.09. The monoisotopic (exact) mass is 480 g/mol. The molecule has 35 heavy (non-hydrogen) atoms. The van der Waals surface area contributed by atoms with Gasteiger partial charge in [-0.25, -0.2) is 9.97 Å². The average Bonchev–Trinajstić information content (AvgIpc) is 2.85. The molecule has 1 atom stereocenters. The lowest BCUT2D eigenvalue weighted by atomic mass is 9.83. The minimum Gasteiger partial charge on any atom is -0.390 e. The molecule has 188 valence electrons. The number of nitrogens with zero attached hydrogens (tertiary/aromatic N) is 4. The van der Waals surface area contributed by atoms with Gasteiger partial charge in [0.05, 0.1) is 6.10 Å². The number of nitrogens with one attached hydrogen (secondary N) is 2. The minimum atomic E-state index is -0.700. The molecular weight excluding hydrogens is 444 g/mol. The highest BCUT2D eigenvalue weighted by atomic mass is 16.3. The van der Waals surface area contributed by atoms with Crippen LogP contribution < -0.4 is 10.6 Å². The summed E-state index contributed by atoms with van der Waals surface area (Å²) in [6, 6.07) is 10.3. The van der Waals surface area contributed by atoms with Crippen molar-refractivity contribution < 1.29 is 14.7 Å². The molecule has 2 aromatic rings. The van der Waals surface area contributed by atoms with Crippen molar-refractivity contribution in [2.75, 3.05) is 38.0 Å². The number of hydrogen-bond donors (Lipinski definition) is 3. The van der Waals surface area contributed by atoms with E-state index in [2.05, 4.69) is 63.6 Å². The van der Waals surface area contributed by atoms with Crippen LogP contribution in [0.5, 0.6) is 0 Å². The van der Waals surface area contributed by atoms with Crippen LogP contribution in [0.2, 0.25) is 0 Å². The Morgan fingerprint density at radius 2 is 1.91 bits per heavy atom. The smallest absolute Gasteiger partial charge is 0.270 e. The molecule has 9 nitrogen and oxygen atoms in total. The normalized spacial score (nSPS) is 19.0.